The van der Waals surface area contributed by atoms with Crippen LogP contribution in [0.4, 0.5) is 0 Å². The minimum Gasteiger partial charge on any atom is -0.472 e. The van der Waals surface area contributed by atoms with E-state index in [1.165, 1.54) is 12.5 Å². The first-order chi connectivity index (χ1) is 8.16. The van der Waals surface area contributed by atoms with Crippen molar-refractivity contribution in [1.29, 1.82) is 0 Å². The summed E-state index contributed by atoms with van der Waals surface area (Å²) in [5.74, 6) is -0.133. The minimum atomic E-state index is -0.133. The lowest BCUT2D eigenvalue weighted by molar-refractivity contribution is 0.0939. The fourth-order valence-electron chi connectivity index (χ4n) is 1.53. The van der Waals surface area contributed by atoms with Gasteiger partial charge in [-0.1, -0.05) is 28.1 Å². The van der Waals surface area contributed by atoms with Gasteiger partial charge in [0.05, 0.1) is 17.9 Å². The molecule has 0 aliphatic carbocycles. The third kappa shape index (κ3) is 2.97. The second kappa shape index (κ2) is 5.19. The molecule has 4 heteroatoms. The number of rotatable bonds is 3. The molecule has 0 aliphatic rings. The van der Waals surface area contributed by atoms with Crippen molar-refractivity contribution >= 4 is 21.8 Å². The number of hydrogen-bond donors (Lipinski definition) is 1. The predicted octanol–water partition coefficient (Wildman–Crippen LogP) is 3.53. The molecule has 1 aromatic heterocycles. The average Bonchev–Trinajstić information content (AvgIpc) is 2.82. The van der Waals surface area contributed by atoms with Gasteiger partial charge in [-0.3, -0.25) is 4.79 Å². The van der Waals surface area contributed by atoms with Gasteiger partial charge in [0, 0.05) is 4.47 Å². The molecule has 17 heavy (non-hydrogen) atoms. The summed E-state index contributed by atoms with van der Waals surface area (Å²) < 4.78 is 5.87. The summed E-state index contributed by atoms with van der Waals surface area (Å²) in [6, 6.07) is 9.46. The van der Waals surface area contributed by atoms with Gasteiger partial charge in [-0.15, -0.1) is 0 Å². The first kappa shape index (κ1) is 11.9. The standard InChI is InChI=1S/C13H12BrNO2/c1-9(10-3-2-4-12(14)7-10)15-13(16)11-5-6-17-8-11/h2-9H,1H3,(H,15,16). The summed E-state index contributed by atoms with van der Waals surface area (Å²) in [6.45, 7) is 1.94. The molecule has 1 aromatic carbocycles. The highest BCUT2D eigenvalue weighted by molar-refractivity contribution is 9.10. The number of carbonyl (C=O) groups is 1. The summed E-state index contributed by atoms with van der Waals surface area (Å²) in [6.07, 6.45) is 2.92. The van der Waals surface area contributed by atoms with Crippen molar-refractivity contribution in [2.75, 3.05) is 0 Å². The molecule has 88 valence electrons. The molecule has 1 unspecified atom stereocenters. The van der Waals surface area contributed by atoms with E-state index in [0.717, 1.165) is 10.0 Å². The Bertz CT molecular complexity index is 508. The molecule has 1 N–H and O–H groups in total. The number of amides is 1. The number of nitrogens with one attached hydrogen (secondary N) is 1. The van der Waals surface area contributed by atoms with E-state index in [1.807, 2.05) is 31.2 Å². The largest absolute Gasteiger partial charge is 0.472 e. The van der Waals surface area contributed by atoms with E-state index in [0.29, 0.717) is 5.56 Å². The van der Waals surface area contributed by atoms with Gasteiger partial charge in [0.1, 0.15) is 6.26 Å². The highest BCUT2D eigenvalue weighted by atomic mass is 79.9. The first-order valence-corrected chi connectivity index (χ1v) is 6.04. The van der Waals surface area contributed by atoms with Gasteiger partial charge in [-0.2, -0.15) is 0 Å². The molecule has 0 saturated heterocycles. The summed E-state index contributed by atoms with van der Waals surface area (Å²) in [4.78, 5) is 11.8. The van der Waals surface area contributed by atoms with Crippen molar-refractivity contribution in [1.82, 2.24) is 5.32 Å². The van der Waals surface area contributed by atoms with Crippen LogP contribution >= 0.6 is 15.9 Å². The number of benzene rings is 1. The van der Waals surface area contributed by atoms with E-state index in [4.69, 9.17) is 4.42 Å². The van der Waals surface area contributed by atoms with Gasteiger partial charge in [0.2, 0.25) is 0 Å². The number of furan rings is 1. The van der Waals surface area contributed by atoms with Crippen LogP contribution in [0.15, 0.2) is 51.7 Å². The maximum absolute atomic E-state index is 11.8. The summed E-state index contributed by atoms with van der Waals surface area (Å²) in [7, 11) is 0. The van der Waals surface area contributed by atoms with Crippen LogP contribution in [-0.2, 0) is 0 Å². The second-order valence-electron chi connectivity index (χ2n) is 3.76. The Morgan fingerprint density at radius 3 is 2.88 bits per heavy atom. The van der Waals surface area contributed by atoms with Crippen LogP contribution in [0.25, 0.3) is 0 Å². The van der Waals surface area contributed by atoms with Crippen molar-refractivity contribution < 1.29 is 9.21 Å². The van der Waals surface area contributed by atoms with Crippen LogP contribution in [0.3, 0.4) is 0 Å². The smallest absolute Gasteiger partial charge is 0.255 e. The Hall–Kier alpha value is -1.55. The Labute approximate surface area is 108 Å². The summed E-state index contributed by atoms with van der Waals surface area (Å²) in [5.41, 5.74) is 1.59. The SMILES string of the molecule is CC(NC(=O)c1ccoc1)c1cccc(Br)c1. The van der Waals surface area contributed by atoms with Crippen LogP contribution in [0.5, 0.6) is 0 Å². The highest BCUT2D eigenvalue weighted by Crippen LogP contribution is 2.18. The van der Waals surface area contributed by atoms with Crippen LogP contribution in [-0.4, -0.2) is 5.91 Å². The Kier molecular flexibility index (Phi) is 3.64. The molecule has 2 aromatic rings. The van der Waals surface area contributed by atoms with E-state index in [-0.39, 0.29) is 11.9 Å². The number of carbonyl (C=O) groups excluding carboxylic acids is 1. The molecule has 1 heterocycles. The molecule has 1 atom stereocenters. The van der Waals surface area contributed by atoms with Crippen molar-refractivity contribution in [2.45, 2.75) is 13.0 Å². The molecular weight excluding hydrogens is 282 g/mol. The fourth-order valence-corrected chi connectivity index (χ4v) is 1.95. The van der Waals surface area contributed by atoms with Gasteiger partial charge in [0.15, 0.2) is 0 Å². The summed E-state index contributed by atoms with van der Waals surface area (Å²) in [5, 5.41) is 2.91. The number of hydrogen-bond acceptors (Lipinski definition) is 2. The third-order valence-corrected chi connectivity index (χ3v) is 2.97. The van der Waals surface area contributed by atoms with E-state index in [9.17, 15) is 4.79 Å². The topological polar surface area (TPSA) is 42.2 Å². The third-order valence-electron chi connectivity index (χ3n) is 2.48. The van der Waals surface area contributed by atoms with E-state index in [1.54, 1.807) is 6.07 Å². The average molecular weight is 294 g/mol. The maximum atomic E-state index is 11.8. The number of halogens is 1. The quantitative estimate of drug-likeness (QED) is 0.941. The predicted molar refractivity (Wildman–Crippen MR) is 68.7 cm³/mol. The Morgan fingerprint density at radius 1 is 1.41 bits per heavy atom. The highest BCUT2D eigenvalue weighted by Gasteiger charge is 2.12. The Balaban J connectivity index is 2.07. The first-order valence-electron chi connectivity index (χ1n) is 5.25. The molecule has 2 rings (SSSR count). The van der Waals surface area contributed by atoms with Gasteiger partial charge < -0.3 is 9.73 Å². The lowest BCUT2D eigenvalue weighted by Gasteiger charge is -2.13. The van der Waals surface area contributed by atoms with Crippen LogP contribution in [0.2, 0.25) is 0 Å². The van der Waals surface area contributed by atoms with E-state index in [2.05, 4.69) is 21.2 Å². The van der Waals surface area contributed by atoms with Gasteiger partial charge in [0.25, 0.3) is 5.91 Å². The van der Waals surface area contributed by atoms with Crippen molar-refractivity contribution in [3.63, 3.8) is 0 Å². The zero-order chi connectivity index (χ0) is 12.3. The lowest BCUT2D eigenvalue weighted by Crippen LogP contribution is -2.26. The van der Waals surface area contributed by atoms with Crippen molar-refractivity contribution in [3.05, 3.63) is 58.5 Å². The van der Waals surface area contributed by atoms with E-state index < -0.39 is 0 Å². The molecule has 0 saturated carbocycles. The molecule has 0 radical (unpaired) electrons. The van der Waals surface area contributed by atoms with Gasteiger partial charge in [-0.05, 0) is 30.7 Å². The minimum absolute atomic E-state index is 0.0464. The summed E-state index contributed by atoms with van der Waals surface area (Å²) >= 11 is 3.41. The fraction of sp³-hybridized carbons (Fsp3) is 0.154. The van der Waals surface area contributed by atoms with Gasteiger partial charge >= 0.3 is 0 Å². The molecule has 1 amide bonds. The van der Waals surface area contributed by atoms with Crippen molar-refractivity contribution in [3.8, 4) is 0 Å². The Morgan fingerprint density at radius 2 is 2.24 bits per heavy atom. The van der Waals surface area contributed by atoms with Crippen LogP contribution < -0.4 is 5.32 Å². The van der Waals surface area contributed by atoms with Crippen LogP contribution in [0, 0.1) is 0 Å². The monoisotopic (exact) mass is 293 g/mol. The zero-order valence-electron chi connectivity index (χ0n) is 9.31. The molecule has 0 fully saturated rings. The van der Waals surface area contributed by atoms with Crippen molar-refractivity contribution in [2.24, 2.45) is 0 Å². The molecule has 0 bridgehead atoms. The molecule has 0 spiro atoms. The zero-order valence-corrected chi connectivity index (χ0v) is 10.9. The van der Waals surface area contributed by atoms with Crippen LogP contribution in [0.1, 0.15) is 28.9 Å². The molecule has 0 aliphatic heterocycles. The maximum Gasteiger partial charge on any atom is 0.255 e. The van der Waals surface area contributed by atoms with E-state index >= 15 is 0 Å². The normalized spacial score (nSPS) is 12.1. The molecule has 3 nitrogen and oxygen atoms in total. The van der Waals surface area contributed by atoms with Gasteiger partial charge in [-0.25, -0.2) is 0 Å². The lowest BCUT2D eigenvalue weighted by atomic mass is 10.1. The second-order valence-corrected chi connectivity index (χ2v) is 4.68. The molecular formula is C13H12BrNO2.